The Kier molecular flexibility index (Phi) is 4.36. The standard InChI is InChI=1S/C13H18ClNO/c1-9(2)13(15(4)10(3)16)11-7-5-6-8-12(11)14/h5-9,13H,1-4H3. The van der Waals surface area contributed by atoms with Crippen LogP contribution in [0.1, 0.15) is 32.4 Å². The van der Waals surface area contributed by atoms with Crippen LogP contribution in [0.25, 0.3) is 0 Å². The minimum atomic E-state index is 0.0335. The van der Waals surface area contributed by atoms with E-state index in [4.69, 9.17) is 11.6 Å². The van der Waals surface area contributed by atoms with Crippen molar-refractivity contribution in [1.82, 2.24) is 4.90 Å². The molecule has 88 valence electrons. The molecule has 1 rings (SSSR count). The number of carbonyl (C=O) groups excluding carboxylic acids is 1. The SMILES string of the molecule is CC(=O)N(C)C(c1ccccc1Cl)C(C)C. The van der Waals surface area contributed by atoms with Gasteiger partial charge in [-0.15, -0.1) is 0 Å². The van der Waals surface area contributed by atoms with Gasteiger partial charge in [0.25, 0.3) is 0 Å². The zero-order chi connectivity index (χ0) is 12.3. The van der Waals surface area contributed by atoms with Crippen molar-refractivity contribution < 1.29 is 4.79 Å². The molecular weight excluding hydrogens is 222 g/mol. The van der Waals surface area contributed by atoms with Crippen LogP contribution in [-0.2, 0) is 4.79 Å². The minimum absolute atomic E-state index is 0.0335. The van der Waals surface area contributed by atoms with E-state index in [1.165, 1.54) is 0 Å². The highest BCUT2D eigenvalue weighted by Crippen LogP contribution is 2.32. The molecule has 0 saturated heterocycles. The number of rotatable bonds is 3. The van der Waals surface area contributed by atoms with E-state index >= 15 is 0 Å². The van der Waals surface area contributed by atoms with Gasteiger partial charge in [-0.05, 0) is 17.5 Å². The summed E-state index contributed by atoms with van der Waals surface area (Å²) in [5.41, 5.74) is 1.01. The van der Waals surface area contributed by atoms with Crippen LogP contribution < -0.4 is 0 Å². The van der Waals surface area contributed by atoms with E-state index in [0.29, 0.717) is 10.9 Å². The normalized spacial score (nSPS) is 12.6. The van der Waals surface area contributed by atoms with Crippen LogP contribution >= 0.6 is 11.6 Å². The molecular formula is C13H18ClNO. The molecule has 0 aliphatic carbocycles. The highest BCUT2D eigenvalue weighted by molar-refractivity contribution is 6.31. The van der Waals surface area contributed by atoms with Gasteiger partial charge in [0.2, 0.25) is 5.91 Å². The van der Waals surface area contributed by atoms with Gasteiger partial charge in [-0.2, -0.15) is 0 Å². The number of carbonyl (C=O) groups is 1. The van der Waals surface area contributed by atoms with E-state index in [2.05, 4.69) is 13.8 Å². The van der Waals surface area contributed by atoms with Crippen molar-refractivity contribution in [1.29, 1.82) is 0 Å². The Hall–Kier alpha value is -1.02. The molecule has 3 heteroatoms. The van der Waals surface area contributed by atoms with Crippen LogP contribution in [0, 0.1) is 5.92 Å². The summed E-state index contributed by atoms with van der Waals surface area (Å²) in [6, 6.07) is 7.72. The smallest absolute Gasteiger partial charge is 0.219 e. The van der Waals surface area contributed by atoms with Gasteiger partial charge in [0, 0.05) is 19.0 Å². The summed E-state index contributed by atoms with van der Waals surface area (Å²) < 4.78 is 0. The van der Waals surface area contributed by atoms with Crippen LogP contribution in [0.3, 0.4) is 0 Å². The molecule has 0 bridgehead atoms. The third-order valence-electron chi connectivity index (χ3n) is 2.77. The van der Waals surface area contributed by atoms with Crippen LogP contribution in [-0.4, -0.2) is 17.9 Å². The second-order valence-electron chi connectivity index (χ2n) is 4.34. The second-order valence-corrected chi connectivity index (χ2v) is 4.75. The van der Waals surface area contributed by atoms with Crippen molar-refractivity contribution in [3.63, 3.8) is 0 Å². The summed E-state index contributed by atoms with van der Waals surface area (Å²) >= 11 is 6.17. The van der Waals surface area contributed by atoms with Crippen molar-refractivity contribution in [2.45, 2.75) is 26.8 Å². The molecule has 0 aromatic heterocycles. The fourth-order valence-electron chi connectivity index (χ4n) is 1.93. The van der Waals surface area contributed by atoms with E-state index in [1.807, 2.05) is 31.3 Å². The predicted molar refractivity (Wildman–Crippen MR) is 67.5 cm³/mol. The maximum Gasteiger partial charge on any atom is 0.219 e. The summed E-state index contributed by atoms with van der Waals surface area (Å²) in [7, 11) is 1.82. The van der Waals surface area contributed by atoms with E-state index in [1.54, 1.807) is 11.8 Å². The Bertz CT molecular complexity index is 376. The van der Waals surface area contributed by atoms with Gasteiger partial charge in [-0.3, -0.25) is 4.79 Å². The van der Waals surface area contributed by atoms with Crippen LogP contribution in [0.15, 0.2) is 24.3 Å². The first-order valence-electron chi connectivity index (χ1n) is 5.43. The predicted octanol–water partition coefficient (Wildman–Crippen LogP) is 3.52. The lowest BCUT2D eigenvalue weighted by Gasteiger charge is -2.31. The Morgan fingerprint density at radius 3 is 2.31 bits per heavy atom. The fourth-order valence-corrected chi connectivity index (χ4v) is 2.17. The molecule has 0 aliphatic rings. The number of nitrogens with zero attached hydrogens (tertiary/aromatic N) is 1. The molecule has 1 aromatic rings. The maximum atomic E-state index is 11.5. The summed E-state index contributed by atoms with van der Waals surface area (Å²) in [5, 5.41) is 0.717. The highest BCUT2D eigenvalue weighted by Gasteiger charge is 2.24. The van der Waals surface area contributed by atoms with Gasteiger partial charge in [0.05, 0.1) is 6.04 Å². The second kappa shape index (κ2) is 5.35. The number of benzene rings is 1. The molecule has 0 heterocycles. The zero-order valence-electron chi connectivity index (χ0n) is 10.2. The van der Waals surface area contributed by atoms with Crippen molar-refractivity contribution >= 4 is 17.5 Å². The fraction of sp³-hybridized carbons (Fsp3) is 0.462. The molecule has 1 aromatic carbocycles. The Morgan fingerprint density at radius 2 is 1.88 bits per heavy atom. The van der Waals surface area contributed by atoms with E-state index in [-0.39, 0.29) is 11.9 Å². The third-order valence-corrected chi connectivity index (χ3v) is 3.11. The van der Waals surface area contributed by atoms with Crippen LogP contribution in [0.4, 0.5) is 0 Å². The zero-order valence-corrected chi connectivity index (χ0v) is 11.0. The van der Waals surface area contributed by atoms with Gasteiger partial charge in [-0.25, -0.2) is 0 Å². The molecule has 0 N–H and O–H groups in total. The summed E-state index contributed by atoms with van der Waals surface area (Å²) in [5.74, 6) is 0.382. The first-order valence-corrected chi connectivity index (χ1v) is 5.80. The quantitative estimate of drug-likeness (QED) is 0.791. The summed E-state index contributed by atoms with van der Waals surface area (Å²) in [4.78, 5) is 13.2. The van der Waals surface area contributed by atoms with Gasteiger partial charge in [0.15, 0.2) is 0 Å². The van der Waals surface area contributed by atoms with Crippen molar-refractivity contribution in [3.8, 4) is 0 Å². The lowest BCUT2D eigenvalue weighted by molar-refractivity contribution is -0.130. The molecule has 0 radical (unpaired) electrons. The van der Waals surface area contributed by atoms with E-state index < -0.39 is 0 Å². The number of amides is 1. The molecule has 16 heavy (non-hydrogen) atoms. The van der Waals surface area contributed by atoms with Crippen molar-refractivity contribution in [3.05, 3.63) is 34.9 Å². The van der Waals surface area contributed by atoms with E-state index in [9.17, 15) is 4.79 Å². The lowest BCUT2D eigenvalue weighted by Crippen LogP contribution is -2.32. The summed E-state index contributed by atoms with van der Waals surface area (Å²) in [6.45, 7) is 5.76. The van der Waals surface area contributed by atoms with Crippen molar-refractivity contribution in [2.24, 2.45) is 5.92 Å². The molecule has 1 unspecified atom stereocenters. The molecule has 0 aliphatic heterocycles. The topological polar surface area (TPSA) is 20.3 Å². The Morgan fingerprint density at radius 1 is 1.31 bits per heavy atom. The molecule has 0 spiro atoms. The molecule has 0 saturated carbocycles. The first-order chi connectivity index (χ1) is 7.45. The van der Waals surface area contributed by atoms with Gasteiger partial charge in [0.1, 0.15) is 0 Å². The minimum Gasteiger partial charge on any atom is -0.339 e. The largest absolute Gasteiger partial charge is 0.339 e. The van der Waals surface area contributed by atoms with Gasteiger partial charge >= 0.3 is 0 Å². The monoisotopic (exact) mass is 239 g/mol. The third kappa shape index (κ3) is 2.76. The summed E-state index contributed by atoms with van der Waals surface area (Å²) in [6.07, 6.45) is 0. The average Bonchev–Trinajstić information content (AvgIpc) is 2.20. The molecule has 0 fully saturated rings. The van der Waals surface area contributed by atoms with Gasteiger partial charge < -0.3 is 4.90 Å². The lowest BCUT2D eigenvalue weighted by atomic mass is 9.94. The number of hydrogen-bond acceptors (Lipinski definition) is 1. The Labute approximate surface area is 102 Å². The van der Waals surface area contributed by atoms with Gasteiger partial charge in [-0.1, -0.05) is 43.6 Å². The Balaban J connectivity index is 3.13. The number of halogens is 1. The van der Waals surface area contributed by atoms with Crippen molar-refractivity contribution in [2.75, 3.05) is 7.05 Å². The average molecular weight is 240 g/mol. The van der Waals surface area contributed by atoms with E-state index in [0.717, 1.165) is 5.56 Å². The van der Waals surface area contributed by atoms with Crippen LogP contribution in [0.5, 0.6) is 0 Å². The molecule has 1 amide bonds. The molecule has 1 atom stereocenters. The molecule has 2 nitrogen and oxygen atoms in total. The van der Waals surface area contributed by atoms with Crippen LogP contribution in [0.2, 0.25) is 5.02 Å². The first kappa shape index (κ1) is 13.0. The maximum absolute atomic E-state index is 11.5. The highest BCUT2D eigenvalue weighted by atomic mass is 35.5. The number of hydrogen-bond donors (Lipinski definition) is 0.